The molecule has 0 aromatic heterocycles. The molecule has 1 saturated heterocycles. The van der Waals surface area contributed by atoms with Crippen LogP contribution in [-0.2, 0) is 9.53 Å². The summed E-state index contributed by atoms with van der Waals surface area (Å²) in [7, 11) is 0. The zero-order valence-electron chi connectivity index (χ0n) is 22.3. The average Bonchev–Trinajstić information content (AvgIpc) is 3.58. The van der Waals surface area contributed by atoms with Gasteiger partial charge in [0.1, 0.15) is 12.4 Å². The lowest BCUT2D eigenvalue weighted by Crippen LogP contribution is -2.50. The summed E-state index contributed by atoms with van der Waals surface area (Å²) in [4.78, 5) is 30.6. The Bertz CT molecular complexity index is 1230. The molecule has 0 saturated carbocycles. The standard InChI is InChI=1S/C28H34FN5O5/c1-19(2)30-28(36)33(10-9-32-11-13-37-14-12-32)17-27(35)34-24(20-7-8-25-26(15-20)39-18-38-25)16-23(31-34)21-5-3-4-6-22(21)29/h3-8,15,19,24H,9-14,16-18H2,1-2H3,(H,30,36)/t24-/m0/s1. The summed E-state index contributed by atoms with van der Waals surface area (Å²) in [6.45, 7) is 7.57. The van der Waals surface area contributed by atoms with Gasteiger partial charge in [-0.25, -0.2) is 14.2 Å². The van der Waals surface area contributed by atoms with Crippen molar-refractivity contribution in [1.29, 1.82) is 0 Å². The van der Waals surface area contributed by atoms with Crippen LogP contribution in [0, 0.1) is 5.82 Å². The molecule has 0 spiro atoms. The van der Waals surface area contributed by atoms with Crippen LogP contribution in [0.2, 0.25) is 0 Å². The quantitative estimate of drug-likeness (QED) is 0.554. The Hall–Kier alpha value is -3.70. The van der Waals surface area contributed by atoms with Gasteiger partial charge in [-0.05, 0) is 37.6 Å². The molecule has 10 nitrogen and oxygen atoms in total. The van der Waals surface area contributed by atoms with Crippen molar-refractivity contribution in [2.24, 2.45) is 5.10 Å². The van der Waals surface area contributed by atoms with Crippen molar-refractivity contribution in [1.82, 2.24) is 20.1 Å². The van der Waals surface area contributed by atoms with Crippen molar-refractivity contribution < 1.29 is 28.2 Å². The van der Waals surface area contributed by atoms with E-state index in [9.17, 15) is 14.0 Å². The van der Waals surface area contributed by atoms with E-state index in [-0.39, 0.29) is 31.3 Å². The maximum absolute atomic E-state index is 14.7. The van der Waals surface area contributed by atoms with Gasteiger partial charge in [0, 0.05) is 44.2 Å². The average molecular weight is 540 g/mol. The van der Waals surface area contributed by atoms with E-state index in [1.165, 1.54) is 16.0 Å². The minimum atomic E-state index is -0.490. The third kappa shape index (κ3) is 6.31. The molecule has 0 radical (unpaired) electrons. The summed E-state index contributed by atoms with van der Waals surface area (Å²) >= 11 is 0. The van der Waals surface area contributed by atoms with Crippen molar-refractivity contribution in [3.05, 3.63) is 59.4 Å². The highest BCUT2D eigenvalue weighted by Crippen LogP contribution is 2.39. The number of urea groups is 1. The fraction of sp³-hybridized carbons (Fsp3) is 0.464. The second-order valence-corrected chi connectivity index (χ2v) is 10.1. The molecule has 2 aromatic rings. The van der Waals surface area contributed by atoms with Gasteiger partial charge >= 0.3 is 6.03 Å². The zero-order valence-corrected chi connectivity index (χ0v) is 22.3. The van der Waals surface area contributed by atoms with Gasteiger partial charge in [0.2, 0.25) is 6.79 Å². The maximum Gasteiger partial charge on any atom is 0.318 e. The number of benzene rings is 2. The van der Waals surface area contributed by atoms with Crippen LogP contribution in [0.1, 0.15) is 37.4 Å². The van der Waals surface area contributed by atoms with Gasteiger partial charge in [0.25, 0.3) is 5.91 Å². The Morgan fingerprint density at radius 2 is 1.90 bits per heavy atom. The summed E-state index contributed by atoms with van der Waals surface area (Å²) in [6, 6.07) is 11.0. The number of morpholine rings is 1. The highest BCUT2D eigenvalue weighted by Gasteiger charge is 2.36. The lowest BCUT2D eigenvalue weighted by molar-refractivity contribution is -0.133. The second-order valence-electron chi connectivity index (χ2n) is 10.1. The third-order valence-corrected chi connectivity index (χ3v) is 6.95. The van der Waals surface area contributed by atoms with Gasteiger partial charge in [-0.1, -0.05) is 24.3 Å². The Balaban J connectivity index is 1.39. The second kappa shape index (κ2) is 12.0. The molecule has 1 N–H and O–H groups in total. The molecule has 39 heavy (non-hydrogen) atoms. The van der Waals surface area contributed by atoms with Crippen LogP contribution in [0.5, 0.6) is 11.5 Å². The van der Waals surface area contributed by atoms with E-state index >= 15 is 0 Å². The molecule has 1 atom stereocenters. The van der Waals surface area contributed by atoms with Crippen LogP contribution in [0.3, 0.4) is 0 Å². The number of amides is 3. The van der Waals surface area contributed by atoms with E-state index in [1.807, 2.05) is 26.0 Å². The molecule has 1 fully saturated rings. The molecular weight excluding hydrogens is 505 g/mol. The number of rotatable bonds is 8. The van der Waals surface area contributed by atoms with Gasteiger partial charge < -0.3 is 24.4 Å². The van der Waals surface area contributed by atoms with E-state index in [4.69, 9.17) is 14.2 Å². The first-order valence-electron chi connectivity index (χ1n) is 13.3. The van der Waals surface area contributed by atoms with Gasteiger partial charge in [-0.3, -0.25) is 9.69 Å². The Kier molecular flexibility index (Phi) is 8.27. The van der Waals surface area contributed by atoms with E-state index in [0.717, 1.165) is 18.7 Å². The molecule has 3 aliphatic rings. The fourth-order valence-electron chi connectivity index (χ4n) is 4.89. The topological polar surface area (TPSA) is 95.9 Å². The number of carbonyl (C=O) groups is 2. The predicted molar refractivity (Wildman–Crippen MR) is 142 cm³/mol. The van der Waals surface area contributed by atoms with E-state index in [2.05, 4.69) is 15.3 Å². The third-order valence-electron chi connectivity index (χ3n) is 6.95. The number of hydrazone groups is 1. The summed E-state index contributed by atoms with van der Waals surface area (Å²) in [5, 5.41) is 8.87. The molecule has 5 rings (SSSR count). The van der Waals surface area contributed by atoms with Gasteiger partial charge in [-0.2, -0.15) is 5.10 Å². The summed E-state index contributed by atoms with van der Waals surface area (Å²) in [5.41, 5.74) is 1.60. The minimum Gasteiger partial charge on any atom is -0.454 e. The van der Waals surface area contributed by atoms with E-state index in [1.54, 1.807) is 24.3 Å². The number of hydrogen-bond donors (Lipinski definition) is 1. The lowest BCUT2D eigenvalue weighted by Gasteiger charge is -2.31. The monoisotopic (exact) mass is 539 g/mol. The molecular formula is C28H34FN5O5. The first kappa shape index (κ1) is 26.9. The van der Waals surface area contributed by atoms with Crippen molar-refractivity contribution >= 4 is 17.6 Å². The Morgan fingerprint density at radius 1 is 1.13 bits per heavy atom. The van der Waals surface area contributed by atoms with E-state index < -0.39 is 11.9 Å². The van der Waals surface area contributed by atoms with E-state index in [0.29, 0.717) is 55.5 Å². The van der Waals surface area contributed by atoms with Crippen molar-refractivity contribution in [3.8, 4) is 11.5 Å². The van der Waals surface area contributed by atoms with Gasteiger partial charge in [0.15, 0.2) is 11.5 Å². The first-order chi connectivity index (χ1) is 18.9. The molecule has 0 unspecified atom stereocenters. The zero-order chi connectivity index (χ0) is 27.4. The molecule has 11 heteroatoms. The van der Waals surface area contributed by atoms with Crippen LogP contribution in [0.25, 0.3) is 0 Å². The van der Waals surface area contributed by atoms with Crippen LogP contribution >= 0.6 is 0 Å². The Labute approximate surface area is 227 Å². The molecule has 3 amide bonds. The smallest absolute Gasteiger partial charge is 0.318 e. The highest BCUT2D eigenvalue weighted by molar-refractivity contribution is 6.03. The number of nitrogens with zero attached hydrogens (tertiary/aromatic N) is 4. The normalized spacial score (nSPS) is 18.8. The maximum atomic E-state index is 14.7. The molecule has 3 heterocycles. The SMILES string of the molecule is CC(C)NC(=O)N(CCN1CCOCC1)CC(=O)N1N=C(c2ccccc2F)C[C@H]1c1ccc2c(c1)OCO2. The number of nitrogens with one attached hydrogen (secondary N) is 1. The molecule has 0 aliphatic carbocycles. The molecule has 2 aromatic carbocycles. The molecule has 0 bridgehead atoms. The number of halogens is 1. The summed E-state index contributed by atoms with van der Waals surface area (Å²) in [6.07, 6.45) is 0.318. The number of hydrogen-bond acceptors (Lipinski definition) is 7. The van der Waals surface area contributed by atoms with Crippen molar-refractivity contribution in [2.45, 2.75) is 32.4 Å². The number of fused-ring (bicyclic) bond motifs is 1. The largest absolute Gasteiger partial charge is 0.454 e. The van der Waals surface area contributed by atoms with Crippen molar-refractivity contribution in [2.75, 3.05) is 52.7 Å². The van der Waals surface area contributed by atoms with Crippen LogP contribution in [0.15, 0.2) is 47.6 Å². The van der Waals surface area contributed by atoms with Gasteiger partial charge in [0.05, 0.1) is 25.0 Å². The number of carbonyl (C=O) groups excluding carboxylic acids is 2. The summed E-state index contributed by atoms with van der Waals surface area (Å²) < 4.78 is 31.1. The Morgan fingerprint density at radius 3 is 2.67 bits per heavy atom. The van der Waals surface area contributed by atoms with Crippen LogP contribution < -0.4 is 14.8 Å². The van der Waals surface area contributed by atoms with Crippen LogP contribution in [-0.4, -0.2) is 91.2 Å². The fourth-order valence-corrected chi connectivity index (χ4v) is 4.89. The summed E-state index contributed by atoms with van der Waals surface area (Å²) in [5.74, 6) is 0.454. The minimum absolute atomic E-state index is 0.0858. The molecule has 3 aliphatic heterocycles. The van der Waals surface area contributed by atoms with Gasteiger partial charge in [-0.15, -0.1) is 0 Å². The van der Waals surface area contributed by atoms with Crippen LogP contribution in [0.4, 0.5) is 9.18 Å². The first-order valence-corrected chi connectivity index (χ1v) is 13.3. The molecule has 208 valence electrons. The predicted octanol–water partition coefficient (Wildman–Crippen LogP) is 2.98. The highest BCUT2D eigenvalue weighted by atomic mass is 19.1. The lowest BCUT2D eigenvalue weighted by atomic mass is 9.97. The van der Waals surface area contributed by atoms with Crippen molar-refractivity contribution in [3.63, 3.8) is 0 Å². The number of ether oxygens (including phenoxy) is 3.